The predicted molar refractivity (Wildman–Crippen MR) is 160 cm³/mol. The van der Waals surface area contributed by atoms with E-state index in [1.165, 1.54) is 19.3 Å². The van der Waals surface area contributed by atoms with Crippen LogP contribution in [0.3, 0.4) is 0 Å². The van der Waals surface area contributed by atoms with Crippen molar-refractivity contribution in [2.24, 2.45) is 0 Å². The molecule has 0 aliphatic rings. The van der Waals surface area contributed by atoms with Crippen LogP contribution in [0.1, 0.15) is 77.0 Å². The van der Waals surface area contributed by atoms with Gasteiger partial charge < -0.3 is 36.6 Å². The fourth-order valence-corrected chi connectivity index (χ4v) is 4.27. The first-order chi connectivity index (χ1) is 20.5. The highest BCUT2D eigenvalue weighted by molar-refractivity contribution is 7.80. The standard InChI is InChI=1S/C27H47N5O10S/c33-21(12-7-5-3-1-2-4-6-10-14-43)29-16-23(35)31-17-24(36)30-15-22(34)28-13-9-8-11-20(27(41)42)32(18-25(37)38)19-26(39)40/h20,43H,1-19H2,(H,28,34)(H,29,33)(H,30,36)(H,31,35)(H,37,38)(H,39,40)(H,41,42). The number of rotatable bonds is 27. The van der Waals surface area contributed by atoms with Gasteiger partial charge in [-0.05, 0) is 37.9 Å². The van der Waals surface area contributed by atoms with Crippen molar-refractivity contribution in [3.8, 4) is 0 Å². The molecule has 0 aliphatic carbocycles. The molecule has 7 N–H and O–H groups in total. The normalized spacial score (nSPS) is 11.4. The van der Waals surface area contributed by atoms with Gasteiger partial charge in [0.1, 0.15) is 6.04 Å². The second-order valence-electron chi connectivity index (χ2n) is 10.0. The van der Waals surface area contributed by atoms with Crippen LogP contribution in [0.5, 0.6) is 0 Å². The minimum absolute atomic E-state index is 0.0277. The fourth-order valence-electron chi connectivity index (χ4n) is 4.05. The molecule has 43 heavy (non-hydrogen) atoms. The molecule has 0 saturated heterocycles. The average molecular weight is 634 g/mol. The van der Waals surface area contributed by atoms with E-state index >= 15 is 0 Å². The summed E-state index contributed by atoms with van der Waals surface area (Å²) in [6.45, 7) is -2.34. The fraction of sp³-hybridized carbons (Fsp3) is 0.741. The van der Waals surface area contributed by atoms with Crippen molar-refractivity contribution in [2.45, 2.75) is 83.1 Å². The molecule has 0 aromatic heterocycles. The summed E-state index contributed by atoms with van der Waals surface area (Å²) in [7, 11) is 0. The molecule has 0 spiro atoms. The molecule has 16 heteroatoms. The maximum absolute atomic E-state index is 11.9. The zero-order valence-electron chi connectivity index (χ0n) is 24.6. The molecule has 4 amide bonds. The van der Waals surface area contributed by atoms with Gasteiger partial charge in [-0.1, -0.05) is 38.5 Å². The lowest BCUT2D eigenvalue weighted by Gasteiger charge is -2.25. The van der Waals surface area contributed by atoms with Crippen LogP contribution in [0.25, 0.3) is 0 Å². The molecule has 0 fully saturated rings. The highest BCUT2D eigenvalue weighted by Gasteiger charge is 2.28. The third-order valence-corrected chi connectivity index (χ3v) is 6.60. The number of aliphatic carboxylic acids is 3. The van der Waals surface area contributed by atoms with Crippen molar-refractivity contribution in [1.29, 1.82) is 0 Å². The third kappa shape index (κ3) is 23.8. The smallest absolute Gasteiger partial charge is 0.320 e. The molecule has 15 nitrogen and oxygen atoms in total. The lowest BCUT2D eigenvalue weighted by atomic mass is 10.1. The number of unbranched alkanes of at least 4 members (excludes halogenated alkanes) is 8. The topological polar surface area (TPSA) is 232 Å². The Balaban J connectivity index is 4.00. The maximum Gasteiger partial charge on any atom is 0.320 e. The molecule has 0 aromatic rings. The van der Waals surface area contributed by atoms with E-state index < -0.39 is 54.8 Å². The number of thiol groups is 1. The SMILES string of the molecule is O=C(O)CN(CC(=O)O)C(CCCCNC(=O)CNC(=O)CNC(=O)CNC(=O)CCCCCCCCCCS)C(=O)O. The second kappa shape index (κ2) is 25.1. The van der Waals surface area contributed by atoms with Gasteiger partial charge in [0, 0.05) is 13.0 Å². The molecule has 0 heterocycles. The second-order valence-corrected chi connectivity index (χ2v) is 10.5. The number of amides is 4. The van der Waals surface area contributed by atoms with Crippen LogP contribution >= 0.6 is 12.6 Å². The number of carbonyl (C=O) groups is 7. The Morgan fingerprint density at radius 3 is 1.47 bits per heavy atom. The maximum atomic E-state index is 11.9. The third-order valence-electron chi connectivity index (χ3n) is 6.28. The Kier molecular flexibility index (Phi) is 23.1. The summed E-state index contributed by atoms with van der Waals surface area (Å²) in [6, 6.07) is -1.32. The molecule has 0 aliphatic heterocycles. The van der Waals surface area contributed by atoms with E-state index in [1.54, 1.807) is 0 Å². The van der Waals surface area contributed by atoms with Crippen molar-refractivity contribution in [3.63, 3.8) is 0 Å². The van der Waals surface area contributed by atoms with Gasteiger partial charge in [0.05, 0.1) is 32.7 Å². The van der Waals surface area contributed by atoms with E-state index in [1.807, 2.05) is 0 Å². The summed E-state index contributed by atoms with van der Waals surface area (Å²) in [4.78, 5) is 81.8. The summed E-state index contributed by atoms with van der Waals surface area (Å²) in [5, 5.41) is 36.9. The number of hydrogen-bond donors (Lipinski definition) is 8. The molecule has 0 radical (unpaired) electrons. The number of nitrogens with one attached hydrogen (secondary N) is 4. The van der Waals surface area contributed by atoms with Crippen molar-refractivity contribution >= 4 is 54.2 Å². The van der Waals surface area contributed by atoms with E-state index in [9.17, 15) is 38.7 Å². The molecular formula is C27H47N5O10S. The van der Waals surface area contributed by atoms with Gasteiger partial charge in [-0.2, -0.15) is 12.6 Å². The number of carboxylic acids is 3. The predicted octanol–water partition coefficient (Wildman–Crippen LogP) is -0.0134. The number of carbonyl (C=O) groups excluding carboxylic acids is 4. The largest absolute Gasteiger partial charge is 0.480 e. The van der Waals surface area contributed by atoms with Crippen molar-refractivity contribution in [1.82, 2.24) is 26.2 Å². The van der Waals surface area contributed by atoms with Crippen molar-refractivity contribution in [2.75, 3.05) is 45.0 Å². The highest BCUT2D eigenvalue weighted by atomic mass is 32.1. The molecular weight excluding hydrogens is 586 g/mol. The van der Waals surface area contributed by atoms with Crippen LogP contribution in [-0.4, -0.2) is 113 Å². The van der Waals surface area contributed by atoms with Crippen LogP contribution < -0.4 is 21.3 Å². The van der Waals surface area contributed by atoms with Crippen LogP contribution in [0.4, 0.5) is 0 Å². The Hall–Kier alpha value is -3.40. The van der Waals surface area contributed by atoms with Gasteiger partial charge >= 0.3 is 17.9 Å². The summed E-state index contributed by atoms with van der Waals surface area (Å²) in [5.41, 5.74) is 0. The summed E-state index contributed by atoms with van der Waals surface area (Å²) >= 11 is 4.19. The van der Waals surface area contributed by atoms with E-state index in [0.717, 1.165) is 42.8 Å². The first kappa shape index (κ1) is 39.6. The Morgan fingerprint density at radius 2 is 1.00 bits per heavy atom. The average Bonchev–Trinajstić information content (AvgIpc) is 2.93. The van der Waals surface area contributed by atoms with Crippen LogP contribution in [0.2, 0.25) is 0 Å². The molecule has 1 unspecified atom stereocenters. The molecule has 0 aromatic carbocycles. The lowest BCUT2D eigenvalue weighted by molar-refractivity contribution is -0.149. The summed E-state index contributed by atoms with van der Waals surface area (Å²) in [5.74, 6) is -5.05. The van der Waals surface area contributed by atoms with E-state index in [-0.39, 0.29) is 44.9 Å². The summed E-state index contributed by atoms with van der Waals surface area (Å²) in [6.07, 6.45) is 9.54. The Morgan fingerprint density at radius 1 is 0.558 bits per heavy atom. The molecule has 246 valence electrons. The number of carboxylic acid groups (broad SMARTS) is 3. The van der Waals surface area contributed by atoms with Crippen LogP contribution in [0.15, 0.2) is 0 Å². The molecule has 0 bridgehead atoms. The lowest BCUT2D eigenvalue weighted by Crippen LogP contribution is -2.46. The zero-order chi connectivity index (χ0) is 32.5. The molecule has 0 saturated carbocycles. The highest BCUT2D eigenvalue weighted by Crippen LogP contribution is 2.11. The van der Waals surface area contributed by atoms with Crippen molar-refractivity contribution < 1.29 is 48.9 Å². The Labute approximate surface area is 257 Å². The van der Waals surface area contributed by atoms with E-state index in [0.29, 0.717) is 12.8 Å². The molecule has 1 atom stereocenters. The van der Waals surface area contributed by atoms with E-state index in [2.05, 4.69) is 33.9 Å². The van der Waals surface area contributed by atoms with E-state index in [4.69, 9.17) is 10.2 Å². The Bertz CT molecular complexity index is 889. The minimum Gasteiger partial charge on any atom is -0.480 e. The zero-order valence-corrected chi connectivity index (χ0v) is 25.5. The quantitative estimate of drug-likeness (QED) is 0.0443. The van der Waals surface area contributed by atoms with Gasteiger partial charge in [0.25, 0.3) is 0 Å². The van der Waals surface area contributed by atoms with Gasteiger partial charge in [-0.25, -0.2) is 0 Å². The summed E-state index contributed by atoms with van der Waals surface area (Å²) < 4.78 is 0. The van der Waals surface area contributed by atoms with Gasteiger partial charge in [0.2, 0.25) is 23.6 Å². The van der Waals surface area contributed by atoms with Crippen LogP contribution in [-0.2, 0) is 33.6 Å². The minimum atomic E-state index is -1.36. The number of hydrogen-bond acceptors (Lipinski definition) is 9. The first-order valence-electron chi connectivity index (χ1n) is 14.5. The number of nitrogens with zero attached hydrogens (tertiary/aromatic N) is 1. The first-order valence-corrected chi connectivity index (χ1v) is 15.2. The van der Waals surface area contributed by atoms with Gasteiger partial charge in [0.15, 0.2) is 0 Å². The van der Waals surface area contributed by atoms with Gasteiger partial charge in [-0.3, -0.25) is 38.5 Å². The monoisotopic (exact) mass is 633 g/mol. The van der Waals surface area contributed by atoms with Gasteiger partial charge in [-0.15, -0.1) is 0 Å². The van der Waals surface area contributed by atoms with Crippen molar-refractivity contribution in [3.05, 3.63) is 0 Å². The molecule has 0 rings (SSSR count). The van der Waals surface area contributed by atoms with Crippen LogP contribution in [0, 0.1) is 0 Å².